The second-order valence-electron chi connectivity index (χ2n) is 7.09. The third-order valence-corrected chi connectivity index (χ3v) is 5.32. The van der Waals surface area contributed by atoms with Gasteiger partial charge in [0.15, 0.2) is 42.0 Å². The number of benzene rings is 2. The number of hydrogen-bond donors (Lipinski definition) is 0. The van der Waals surface area contributed by atoms with Gasteiger partial charge in [0, 0.05) is 28.8 Å². The third kappa shape index (κ3) is 3.63. The number of carbonyl (C=O) groups excluding carboxylic acids is 2. The number of ketones is 2. The molecular weight excluding hydrogens is 366 g/mol. The Bertz CT molecular complexity index is 1060. The van der Waals surface area contributed by atoms with E-state index in [4.69, 9.17) is 9.47 Å². The highest BCUT2D eigenvalue weighted by atomic mass is 16.5. The van der Waals surface area contributed by atoms with Crippen molar-refractivity contribution in [1.29, 1.82) is 0 Å². The van der Waals surface area contributed by atoms with E-state index in [9.17, 15) is 9.59 Å². The summed E-state index contributed by atoms with van der Waals surface area (Å²) in [4.78, 5) is 25.9. The lowest BCUT2D eigenvalue weighted by Gasteiger charge is -2.09. The molecule has 5 nitrogen and oxygen atoms in total. The van der Waals surface area contributed by atoms with Crippen LogP contribution in [0.1, 0.15) is 31.8 Å². The number of pyridine rings is 1. The maximum atomic E-state index is 13.0. The van der Waals surface area contributed by atoms with Crippen LogP contribution in [0.5, 0.6) is 11.5 Å². The Morgan fingerprint density at radius 1 is 1.00 bits per heavy atom. The molecule has 2 aromatic carbocycles. The van der Waals surface area contributed by atoms with Crippen LogP contribution >= 0.6 is 0 Å². The molecule has 0 radical (unpaired) electrons. The van der Waals surface area contributed by atoms with E-state index in [0.717, 1.165) is 12.1 Å². The first kappa shape index (κ1) is 18.9. The van der Waals surface area contributed by atoms with Crippen molar-refractivity contribution in [2.75, 3.05) is 14.2 Å². The molecule has 0 amide bonds. The molecule has 0 spiro atoms. The Labute approximate surface area is 169 Å². The normalized spacial score (nSPS) is 15.1. The van der Waals surface area contributed by atoms with Crippen molar-refractivity contribution >= 4 is 11.6 Å². The second kappa shape index (κ2) is 7.87. The lowest BCUT2D eigenvalue weighted by atomic mass is 9.95. The summed E-state index contributed by atoms with van der Waals surface area (Å²) in [5.74, 6) is 0.0397. The van der Waals surface area contributed by atoms with Crippen LogP contribution < -0.4 is 14.0 Å². The van der Waals surface area contributed by atoms with Gasteiger partial charge in [-0.1, -0.05) is 30.3 Å². The van der Waals surface area contributed by atoms with Gasteiger partial charge in [0.25, 0.3) is 0 Å². The van der Waals surface area contributed by atoms with Gasteiger partial charge in [-0.2, -0.15) is 0 Å². The minimum Gasteiger partial charge on any atom is -0.493 e. The van der Waals surface area contributed by atoms with Crippen LogP contribution in [-0.2, 0) is 13.0 Å². The summed E-state index contributed by atoms with van der Waals surface area (Å²) in [6, 6.07) is 17.1. The monoisotopic (exact) mass is 388 g/mol. The second-order valence-corrected chi connectivity index (χ2v) is 7.09. The first-order valence-electron chi connectivity index (χ1n) is 9.47. The van der Waals surface area contributed by atoms with Gasteiger partial charge in [0.1, 0.15) is 0 Å². The van der Waals surface area contributed by atoms with Crippen molar-refractivity contribution in [1.82, 2.24) is 0 Å². The Morgan fingerprint density at radius 3 is 2.31 bits per heavy atom. The van der Waals surface area contributed by atoms with Gasteiger partial charge in [-0.3, -0.25) is 9.59 Å². The number of aromatic nitrogens is 1. The SMILES string of the molecule is COc1cc2c(cc1OC)C(=O)[C@@H](C(=O)c1cc[n+](Cc3ccccc3)cc1)C2. The van der Waals surface area contributed by atoms with Gasteiger partial charge in [-0.15, -0.1) is 0 Å². The minimum absolute atomic E-state index is 0.156. The smallest absolute Gasteiger partial charge is 0.174 e. The van der Waals surface area contributed by atoms with Crippen molar-refractivity contribution in [3.8, 4) is 11.5 Å². The lowest BCUT2D eigenvalue weighted by Crippen LogP contribution is -2.33. The summed E-state index contributed by atoms with van der Waals surface area (Å²) in [5.41, 5.74) is 3.08. The summed E-state index contributed by atoms with van der Waals surface area (Å²) in [6.07, 6.45) is 4.13. The molecule has 29 heavy (non-hydrogen) atoms. The molecule has 1 atom stereocenters. The van der Waals surface area contributed by atoms with Gasteiger partial charge < -0.3 is 9.47 Å². The van der Waals surface area contributed by atoms with E-state index in [-0.39, 0.29) is 11.6 Å². The fourth-order valence-electron chi connectivity index (χ4n) is 3.75. The van der Waals surface area contributed by atoms with Crippen LogP contribution in [0, 0.1) is 5.92 Å². The number of fused-ring (bicyclic) bond motifs is 1. The average Bonchev–Trinajstić information content (AvgIpc) is 3.09. The van der Waals surface area contributed by atoms with Gasteiger partial charge in [0.2, 0.25) is 0 Å². The van der Waals surface area contributed by atoms with Crippen LogP contribution in [-0.4, -0.2) is 25.8 Å². The number of nitrogens with zero attached hydrogens (tertiary/aromatic N) is 1. The van der Waals surface area contributed by atoms with E-state index in [0.29, 0.717) is 29.0 Å². The molecule has 0 aliphatic heterocycles. The Hall–Kier alpha value is -3.47. The van der Waals surface area contributed by atoms with Crippen LogP contribution in [0.25, 0.3) is 0 Å². The predicted molar refractivity (Wildman–Crippen MR) is 108 cm³/mol. The van der Waals surface area contributed by atoms with E-state index < -0.39 is 5.92 Å². The molecule has 1 heterocycles. The maximum Gasteiger partial charge on any atom is 0.174 e. The molecular formula is C24H22NO4+. The highest BCUT2D eigenvalue weighted by Crippen LogP contribution is 2.37. The summed E-state index contributed by atoms with van der Waals surface area (Å²) in [6.45, 7) is 0.725. The van der Waals surface area contributed by atoms with Crippen LogP contribution in [0.4, 0.5) is 0 Å². The zero-order chi connectivity index (χ0) is 20.4. The summed E-state index contributed by atoms with van der Waals surface area (Å²) in [5, 5.41) is 0. The highest BCUT2D eigenvalue weighted by molar-refractivity contribution is 6.18. The number of hydrogen-bond acceptors (Lipinski definition) is 4. The van der Waals surface area contributed by atoms with Crippen molar-refractivity contribution in [3.05, 3.63) is 89.2 Å². The van der Waals surface area contributed by atoms with E-state index in [1.54, 1.807) is 31.4 Å². The summed E-state index contributed by atoms with van der Waals surface area (Å²) in [7, 11) is 3.08. The van der Waals surface area contributed by atoms with Crippen LogP contribution in [0.2, 0.25) is 0 Å². The Balaban J connectivity index is 1.53. The molecule has 0 unspecified atom stereocenters. The van der Waals surface area contributed by atoms with Crippen LogP contribution in [0.15, 0.2) is 67.0 Å². The van der Waals surface area contributed by atoms with Crippen molar-refractivity contribution in [2.45, 2.75) is 13.0 Å². The number of carbonyl (C=O) groups is 2. The zero-order valence-corrected chi connectivity index (χ0v) is 16.4. The summed E-state index contributed by atoms with van der Waals surface area (Å²) >= 11 is 0. The fourth-order valence-corrected chi connectivity index (χ4v) is 3.75. The molecule has 0 fully saturated rings. The number of Topliss-reactive ketones (excluding diaryl/α,β-unsaturated/α-hetero) is 2. The molecule has 1 aliphatic rings. The third-order valence-electron chi connectivity index (χ3n) is 5.32. The molecule has 146 valence electrons. The first-order chi connectivity index (χ1) is 14.1. The number of methoxy groups -OCH3 is 2. The molecule has 1 aliphatic carbocycles. The zero-order valence-electron chi connectivity index (χ0n) is 16.4. The maximum absolute atomic E-state index is 13.0. The average molecular weight is 388 g/mol. The molecule has 3 aromatic rings. The molecule has 0 bridgehead atoms. The molecule has 4 rings (SSSR count). The van der Waals surface area contributed by atoms with Crippen LogP contribution in [0.3, 0.4) is 0 Å². The Morgan fingerprint density at radius 2 is 1.66 bits per heavy atom. The van der Waals surface area contributed by atoms with E-state index in [2.05, 4.69) is 12.1 Å². The van der Waals surface area contributed by atoms with Gasteiger partial charge in [-0.05, 0) is 24.1 Å². The van der Waals surface area contributed by atoms with Crippen molar-refractivity contribution in [3.63, 3.8) is 0 Å². The highest BCUT2D eigenvalue weighted by Gasteiger charge is 2.37. The molecule has 0 saturated heterocycles. The number of rotatable bonds is 6. The Kier molecular flexibility index (Phi) is 5.12. The standard InChI is InChI=1S/C24H22NO4/c1-28-21-13-18-12-20(24(27)19(18)14-22(21)29-2)23(26)17-8-10-25(11-9-17)15-16-6-4-3-5-7-16/h3-11,13-14,20H,12,15H2,1-2H3/q+1/t20-/m1/s1. The molecule has 0 N–H and O–H groups in total. The number of ether oxygens (including phenoxy) is 2. The topological polar surface area (TPSA) is 56.5 Å². The van der Waals surface area contributed by atoms with Crippen molar-refractivity contribution < 1.29 is 23.6 Å². The van der Waals surface area contributed by atoms with E-state index in [1.807, 2.05) is 35.2 Å². The largest absolute Gasteiger partial charge is 0.493 e. The van der Waals surface area contributed by atoms with E-state index in [1.165, 1.54) is 12.7 Å². The molecule has 1 aromatic heterocycles. The van der Waals surface area contributed by atoms with Gasteiger partial charge >= 0.3 is 0 Å². The van der Waals surface area contributed by atoms with Gasteiger partial charge in [-0.25, -0.2) is 4.57 Å². The summed E-state index contributed by atoms with van der Waals surface area (Å²) < 4.78 is 12.6. The fraction of sp³-hybridized carbons (Fsp3) is 0.208. The lowest BCUT2D eigenvalue weighted by molar-refractivity contribution is -0.688. The molecule has 0 saturated carbocycles. The predicted octanol–water partition coefficient (Wildman–Crippen LogP) is 3.28. The van der Waals surface area contributed by atoms with Gasteiger partial charge in [0.05, 0.1) is 20.1 Å². The molecule has 5 heteroatoms. The van der Waals surface area contributed by atoms with E-state index >= 15 is 0 Å². The quantitative estimate of drug-likeness (QED) is 0.369. The first-order valence-corrected chi connectivity index (χ1v) is 9.47. The minimum atomic E-state index is -0.702. The van der Waals surface area contributed by atoms with Crippen molar-refractivity contribution in [2.24, 2.45) is 5.92 Å².